The standard InChI is InChI=1S/C20H27N3O7S2/c1-21(2)31(25,26)16-8-9-18(23-11-5-6-12-23)17(13-16)20(24)29-14-15-7-10-19(30-15)32(27,28)22(3)4/h7-10,13H,5-6,11-12,14H2,1-4H3. The van der Waals surface area contributed by atoms with E-state index in [-0.39, 0.29) is 27.9 Å². The van der Waals surface area contributed by atoms with Crippen LogP contribution < -0.4 is 4.90 Å². The number of esters is 1. The van der Waals surface area contributed by atoms with Gasteiger partial charge in [0.25, 0.3) is 10.0 Å². The predicted molar refractivity (Wildman–Crippen MR) is 117 cm³/mol. The molecule has 10 nitrogen and oxygen atoms in total. The molecular formula is C20H27N3O7S2. The van der Waals surface area contributed by atoms with Gasteiger partial charge in [0.05, 0.1) is 16.1 Å². The van der Waals surface area contributed by atoms with Crippen LogP contribution >= 0.6 is 0 Å². The van der Waals surface area contributed by atoms with E-state index < -0.39 is 26.0 Å². The minimum Gasteiger partial charge on any atom is -0.454 e. The lowest BCUT2D eigenvalue weighted by atomic mass is 10.1. The van der Waals surface area contributed by atoms with Gasteiger partial charge in [0.2, 0.25) is 15.1 Å². The molecule has 1 aliphatic heterocycles. The number of benzene rings is 1. The van der Waals surface area contributed by atoms with Crippen LogP contribution in [0.25, 0.3) is 0 Å². The summed E-state index contributed by atoms with van der Waals surface area (Å²) in [5, 5.41) is -0.259. The molecule has 12 heteroatoms. The molecule has 1 aliphatic rings. The van der Waals surface area contributed by atoms with Crippen LogP contribution in [0, 0.1) is 0 Å². The van der Waals surface area contributed by atoms with Gasteiger partial charge in [-0.1, -0.05) is 0 Å². The van der Waals surface area contributed by atoms with Crippen molar-refractivity contribution in [3.8, 4) is 0 Å². The molecular weight excluding hydrogens is 458 g/mol. The third kappa shape index (κ3) is 4.82. The van der Waals surface area contributed by atoms with Gasteiger partial charge in [0, 0.05) is 41.3 Å². The summed E-state index contributed by atoms with van der Waals surface area (Å²) in [6, 6.07) is 7.11. The average Bonchev–Trinajstić information content (AvgIpc) is 3.43. The van der Waals surface area contributed by atoms with Crippen molar-refractivity contribution in [1.29, 1.82) is 0 Å². The quantitative estimate of drug-likeness (QED) is 0.519. The highest BCUT2D eigenvalue weighted by atomic mass is 32.2. The number of carbonyl (C=O) groups excluding carboxylic acids is 1. The van der Waals surface area contributed by atoms with Crippen molar-refractivity contribution in [3.63, 3.8) is 0 Å². The van der Waals surface area contributed by atoms with Crippen molar-refractivity contribution < 1.29 is 30.8 Å². The second-order valence-electron chi connectivity index (χ2n) is 7.74. The molecule has 32 heavy (non-hydrogen) atoms. The maximum Gasteiger partial charge on any atom is 0.340 e. The minimum absolute atomic E-state index is 0.0187. The lowest BCUT2D eigenvalue weighted by Crippen LogP contribution is -2.24. The van der Waals surface area contributed by atoms with Gasteiger partial charge < -0.3 is 14.1 Å². The Morgan fingerprint density at radius 1 is 0.969 bits per heavy atom. The van der Waals surface area contributed by atoms with Gasteiger partial charge in [-0.2, -0.15) is 0 Å². The predicted octanol–water partition coefficient (Wildman–Crippen LogP) is 1.74. The molecule has 3 rings (SSSR count). The monoisotopic (exact) mass is 485 g/mol. The summed E-state index contributed by atoms with van der Waals surface area (Å²) < 4.78 is 62.1. The van der Waals surface area contributed by atoms with Crippen LogP contribution in [0.1, 0.15) is 29.0 Å². The fraction of sp³-hybridized carbons (Fsp3) is 0.450. The van der Waals surface area contributed by atoms with Crippen molar-refractivity contribution in [1.82, 2.24) is 8.61 Å². The molecule has 0 bridgehead atoms. The number of rotatable bonds is 8. The first-order valence-electron chi connectivity index (χ1n) is 9.94. The summed E-state index contributed by atoms with van der Waals surface area (Å²) in [5.74, 6) is -0.574. The van der Waals surface area contributed by atoms with Crippen LogP contribution in [0.4, 0.5) is 5.69 Å². The van der Waals surface area contributed by atoms with E-state index in [0.717, 1.165) is 34.5 Å². The lowest BCUT2D eigenvalue weighted by Gasteiger charge is -2.22. The Hall–Kier alpha value is -2.41. The second-order valence-corrected chi connectivity index (χ2v) is 12.0. The molecule has 0 spiro atoms. The fourth-order valence-electron chi connectivity index (χ4n) is 3.25. The van der Waals surface area contributed by atoms with Crippen LogP contribution in [-0.2, 0) is 31.4 Å². The number of hydrogen-bond acceptors (Lipinski definition) is 8. The molecule has 0 N–H and O–H groups in total. The van der Waals surface area contributed by atoms with E-state index in [0.29, 0.717) is 5.69 Å². The Bertz CT molecular complexity index is 1200. The minimum atomic E-state index is -3.75. The summed E-state index contributed by atoms with van der Waals surface area (Å²) in [7, 11) is -1.90. The average molecular weight is 486 g/mol. The topological polar surface area (TPSA) is 117 Å². The molecule has 0 atom stereocenters. The molecule has 2 aromatic rings. The van der Waals surface area contributed by atoms with Gasteiger partial charge in [-0.3, -0.25) is 0 Å². The summed E-state index contributed by atoms with van der Waals surface area (Å²) >= 11 is 0. The third-order valence-electron chi connectivity index (χ3n) is 5.13. The van der Waals surface area contributed by atoms with E-state index in [9.17, 15) is 21.6 Å². The van der Waals surface area contributed by atoms with E-state index in [1.807, 2.05) is 4.90 Å². The summed E-state index contributed by atoms with van der Waals surface area (Å²) in [5.41, 5.74) is 0.725. The van der Waals surface area contributed by atoms with Crippen molar-refractivity contribution in [3.05, 3.63) is 41.7 Å². The van der Waals surface area contributed by atoms with Crippen LogP contribution in [0.3, 0.4) is 0 Å². The van der Waals surface area contributed by atoms with Gasteiger partial charge in [-0.25, -0.2) is 30.2 Å². The highest BCUT2D eigenvalue weighted by Gasteiger charge is 2.26. The molecule has 1 fully saturated rings. The highest BCUT2D eigenvalue weighted by molar-refractivity contribution is 7.89. The number of nitrogens with zero attached hydrogens (tertiary/aromatic N) is 3. The zero-order valence-corrected chi connectivity index (χ0v) is 20.1. The number of sulfonamides is 2. The first kappa shape index (κ1) is 24.2. The smallest absolute Gasteiger partial charge is 0.340 e. The summed E-state index contributed by atoms with van der Waals surface area (Å²) in [4.78, 5) is 14.9. The van der Waals surface area contributed by atoms with Gasteiger partial charge >= 0.3 is 5.97 Å². The van der Waals surface area contributed by atoms with E-state index >= 15 is 0 Å². The van der Waals surface area contributed by atoms with E-state index in [2.05, 4.69) is 0 Å². The zero-order valence-electron chi connectivity index (χ0n) is 18.4. The Balaban J connectivity index is 1.87. The van der Waals surface area contributed by atoms with E-state index in [1.54, 1.807) is 6.07 Å². The van der Waals surface area contributed by atoms with E-state index in [4.69, 9.17) is 9.15 Å². The summed E-state index contributed by atoms with van der Waals surface area (Å²) in [6.45, 7) is 1.21. The molecule has 0 unspecified atom stereocenters. The van der Waals surface area contributed by atoms with E-state index in [1.165, 1.54) is 52.5 Å². The molecule has 1 saturated heterocycles. The summed E-state index contributed by atoms with van der Waals surface area (Å²) in [6.07, 6.45) is 1.95. The van der Waals surface area contributed by atoms with Crippen LogP contribution in [-0.4, -0.2) is 72.7 Å². The van der Waals surface area contributed by atoms with Gasteiger partial charge in [0.1, 0.15) is 12.4 Å². The SMILES string of the molecule is CN(C)S(=O)(=O)c1ccc(N2CCCC2)c(C(=O)OCc2ccc(S(=O)(=O)N(C)C)o2)c1. The Labute approximate surface area is 188 Å². The zero-order chi connectivity index (χ0) is 23.7. The van der Waals surface area contributed by atoms with Crippen molar-refractivity contribution in [2.75, 3.05) is 46.2 Å². The van der Waals surface area contributed by atoms with Crippen molar-refractivity contribution in [2.45, 2.75) is 29.4 Å². The van der Waals surface area contributed by atoms with Crippen LogP contribution in [0.5, 0.6) is 0 Å². The molecule has 0 amide bonds. The van der Waals surface area contributed by atoms with Gasteiger partial charge in [0.15, 0.2) is 0 Å². The molecule has 0 aliphatic carbocycles. The maximum atomic E-state index is 12.9. The number of furan rings is 1. The first-order chi connectivity index (χ1) is 14.9. The van der Waals surface area contributed by atoms with Crippen molar-refractivity contribution >= 4 is 31.7 Å². The Morgan fingerprint density at radius 3 is 2.19 bits per heavy atom. The highest BCUT2D eigenvalue weighted by Crippen LogP contribution is 2.29. The Kier molecular flexibility index (Phi) is 6.98. The lowest BCUT2D eigenvalue weighted by molar-refractivity contribution is 0.0441. The van der Waals surface area contributed by atoms with Gasteiger partial charge in [-0.15, -0.1) is 0 Å². The molecule has 1 aromatic carbocycles. The van der Waals surface area contributed by atoms with Crippen LogP contribution in [0.15, 0.2) is 44.7 Å². The number of carbonyl (C=O) groups is 1. The molecule has 2 heterocycles. The second kappa shape index (κ2) is 9.22. The van der Waals surface area contributed by atoms with Gasteiger partial charge in [-0.05, 0) is 43.2 Å². The van der Waals surface area contributed by atoms with Crippen LogP contribution in [0.2, 0.25) is 0 Å². The third-order valence-corrected chi connectivity index (χ3v) is 8.63. The molecule has 176 valence electrons. The number of ether oxygens (including phenoxy) is 1. The largest absolute Gasteiger partial charge is 0.454 e. The molecule has 0 saturated carbocycles. The normalized spacial score (nSPS) is 15.0. The first-order valence-corrected chi connectivity index (χ1v) is 12.8. The fourth-order valence-corrected chi connectivity index (χ4v) is 4.99. The molecule has 0 radical (unpaired) electrons. The molecule has 1 aromatic heterocycles. The number of anilines is 1. The maximum absolute atomic E-state index is 12.9. The Morgan fingerprint density at radius 2 is 1.59 bits per heavy atom. The van der Waals surface area contributed by atoms with Crippen molar-refractivity contribution in [2.24, 2.45) is 0 Å². The number of hydrogen-bond donors (Lipinski definition) is 0.